The van der Waals surface area contributed by atoms with Crippen molar-refractivity contribution < 1.29 is 18.3 Å². The lowest BCUT2D eigenvalue weighted by Crippen LogP contribution is -2.50. The predicted octanol–water partition coefficient (Wildman–Crippen LogP) is 3.26. The highest BCUT2D eigenvalue weighted by molar-refractivity contribution is 7.91. The third-order valence-electron chi connectivity index (χ3n) is 6.24. The number of carboxylic acids is 1. The summed E-state index contributed by atoms with van der Waals surface area (Å²) in [4.78, 5) is 26.5. The normalized spacial score (nSPS) is 16.0. The molecule has 12 heteroatoms. The molecule has 37 heavy (non-hydrogen) atoms. The van der Waals surface area contributed by atoms with Gasteiger partial charge in [-0.1, -0.05) is 36.4 Å². The summed E-state index contributed by atoms with van der Waals surface area (Å²) in [5, 5.41) is 14.1. The molecule has 2 aromatic carbocycles. The monoisotopic (exact) mass is 538 g/mol. The highest BCUT2D eigenvalue weighted by atomic mass is 32.2. The SMILES string of the molecule is CC(CN1CCN(S(=O)(=O)c2cnc(-c3ccccc3)s2)CC1)Nc1ncnc2c(C(=O)O)cccc12. The Morgan fingerprint density at radius 3 is 2.54 bits per heavy atom. The Hall–Kier alpha value is -3.45. The minimum Gasteiger partial charge on any atom is -0.478 e. The number of sulfonamides is 1. The van der Waals surface area contributed by atoms with Crippen LogP contribution in [0.1, 0.15) is 17.3 Å². The highest BCUT2D eigenvalue weighted by Crippen LogP contribution is 2.30. The van der Waals surface area contributed by atoms with Gasteiger partial charge in [0, 0.05) is 49.7 Å². The summed E-state index contributed by atoms with van der Waals surface area (Å²) < 4.78 is 28.2. The summed E-state index contributed by atoms with van der Waals surface area (Å²) in [6.07, 6.45) is 2.80. The maximum Gasteiger partial charge on any atom is 0.337 e. The molecule has 1 unspecified atom stereocenters. The van der Waals surface area contributed by atoms with Crippen LogP contribution in [0.3, 0.4) is 0 Å². The first-order valence-corrected chi connectivity index (χ1v) is 14.1. The van der Waals surface area contributed by atoms with Crippen molar-refractivity contribution in [1.82, 2.24) is 24.2 Å². The number of benzene rings is 2. The molecule has 2 N–H and O–H groups in total. The number of rotatable bonds is 8. The molecule has 0 saturated carbocycles. The number of carboxylic acid groups (broad SMARTS) is 1. The Morgan fingerprint density at radius 1 is 1.05 bits per heavy atom. The van der Waals surface area contributed by atoms with Crippen LogP contribution in [0.15, 0.2) is 65.3 Å². The molecule has 1 aliphatic rings. The van der Waals surface area contributed by atoms with Gasteiger partial charge in [0.15, 0.2) is 4.21 Å². The van der Waals surface area contributed by atoms with Gasteiger partial charge in [-0.3, -0.25) is 4.90 Å². The average Bonchev–Trinajstić information content (AvgIpc) is 3.41. The van der Waals surface area contributed by atoms with Crippen LogP contribution < -0.4 is 5.32 Å². The van der Waals surface area contributed by atoms with E-state index in [1.165, 1.54) is 34.2 Å². The van der Waals surface area contributed by atoms with Gasteiger partial charge in [0.2, 0.25) is 0 Å². The van der Waals surface area contributed by atoms with E-state index in [2.05, 4.69) is 25.2 Å². The maximum atomic E-state index is 13.2. The quantitative estimate of drug-likeness (QED) is 0.347. The minimum atomic E-state index is -3.60. The molecule has 0 radical (unpaired) electrons. The number of fused-ring (bicyclic) bond motifs is 1. The summed E-state index contributed by atoms with van der Waals surface area (Å²) >= 11 is 1.19. The molecule has 4 aromatic rings. The number of anilines is 1. The van der Waals surface area contributed by atoms with E-state index in [0.29, 0.717) is 54.5 Å². The lowest BCUT2D eigenvalue weighted by molar-refractivity contribution is 0.0699. The van der Waals surface area contributed by atoms with E-state index in [9.17, 15) is 18.3 Å². The zero-order valence-corrected chi connectivity index (χ0v) is 21.7. The van der Waals surface area contributed by atoms with Crippen molar-refractivity contribution in [1.29, 1.82) is 0 Å². The fraction of sp³-hybridized carbons (Fsp3) is 0.280. The van der Waals surface area contributed by atoms with E-state index in [4.69, 9.17) is 0 Å². The molecule has 1 aliphatic heterocycles. The van der Waals surface area contributed by atoms with Crippen molar-refractivity contribution in [2.24, 2.45) is 0 Å². The van der Waals surface area contributed by atoms with Gasteiger partial charge in [-0.25, -0.2) is 28.2 Å². The predicted molar refractivity (Wildman–Crippen MR) is 142 cm³/mol. The number of aromatic nitrogens is 3. The van der Waals surface area contributed by atoms with Crippen LogP contribution in [0.25, 0.3) is 21.5 Å². The van der Waals surface area contributed by atoms with Crippen molar-refractivity contribution in [3.8, 4) is 10.6 Å². The van der Waals surface area contributed by atoms with E-state index in [-0.39, 0.29) is 15.8 Å². The van der Waals surface area contributed by atoms with E-state index in [1.807, 2.05) is 37.3 Å². The summed E-state index contributed by atoms with van der Waals surface area (Å²) in [5.74, 6) is -0.466. The first-order chi connectivity index (χ1) is 17.8. The van der Waals surface area contributed by atoms with Crippen LogP contribution in [-0.4, -0.2) is 82.4 Å². The van der Waals surface area contributed by atoms with E-state index < -0.39 is 16.0 Å². The summed E-state index contributed by atoms with van der Waals surface area (Å²) in [7, 11) is -3.60. The summed E-state index contributed by atoms with van der Waals surface area (Å²) in [6.45, 7) is 4.68. The standard InChI is InChI=1S/C25H26N6O4S2/c1-17(29-23-19-8-5-9-20(25(32)33)22(19)27-16-28-23)15-30-10-12-31(13-11-30)37(34,35)21-14-26-24(36-21)18-6-3-2-4-7-18/h2-9,14,16-17H,10-13,15H2,1H3,(H,32,33)(H,27,28,29). The molecule has 0 bridgehead atoms. The number of para-hydroxylation sites is 1. The van der Waals surface area contributed by atoms with Crippen molar-refractivity contribution in [2.45, 2.75) is 17.2 Å². The Balaban J connectivity index is 1.20. The average molecular weight is 539 g/mol. The van der Waals surface area contributed by atoms with Gasteiger partial charge >= 0.3 is 5.97 Å². The zero-order valence-electron chi connectivity index (χ0n) is 20.1. The molecule has 10 nitrogen and oxygen atoms in total. The fourth-order valence-electron chi connectivity index (χ4n) is 4.41. The first kappa shape index (κ1) is 25.2. The van der Waals surface area contributed by atoms with E-state index in [0.717, 1.165) is 5.56 Å². The summed E-state index contributed by atoms with van der Waals surface area (Å²) in [6, 6.07) is 14.5. The number of piperazine rings is 1. The molecule has 0 spiro atoms. The highest BCUT2D eigenvalue weighted by Gasteiger charge is 2.30. The molecule has 1 saturated heterocycles. The molecular formula is C25H26N6O4S2. The van der Waals surface area contributed by atoms with Crippen molar-refractivity contribution in [3.05, 3.63) is 66.6 Å². The lowest BCUT2D eigenvalue weighted by atomic mass is 10.1. The smallest absolute Gasteiger partial charge is 0.337 e. The maximum absolute atomic E-state index is 13.2. The van der Waals surface area contributed by atoms with Crippen LogP contribution in [0, 0.1) is 0 Å². The third-order valence-corrected chi connectivity index (χ3v) is 9.62. The Kier molecular flexibility index (Phi) is 7.15. The lowest BCUT2D eigenvalue weighted by Gasteiger charge is -2.35. The number of hydrogen-bond donors (Lipinski definition) is 2. The minimum absolute atomic E-state index is 0.00957. The van der Waals surface area contributed by atoms with Gasteiger partial charge in [0.05, 0.1) is 17.3 Å². The van der Waals surface area contributed by atoms with Crippen LogP contribution in [0.5, 0.6) is 0 Å². The molecule has 0 amide bonds. The fourth-order valence-corrected chi connectivity index (χ4v) is 7.13. The van der Waals surface area contributed by atoms with E-state index in [1.54, 1.807) is 12.1 Å². The topological polar surface area (TPSA) is 129 Å². The van der Waals surface area contributed by atoms with Crippen LogP contribution in [-0.2, 0) is 10.0 Å². The number of nitrogens with zero attached hydrogens (tertiary/aromatic N) is 5. The zero-order chi connectivity index (χ0) is 26.0. The number of nitrogens with one attached hydrogen (secondary N) is 1. The third kappa shape index (κ3) is 5.32. The second kappa shape index (κ2) is 10.5. The molecule has 2 aromatic heterocycles. The van der Waals surface area contributed by atoms with Crippen molar-refractivity contribution >= 4 is 44.1 Å². The van der Waals surface area contributed by atoms with Gasteiger partial charge in [-0.05, 0) is 19.1 Å². The molecule has 1 atom stereocenters. The van der Waals surface area contributed by atoms with Crippen LogP contribution >= 0.6 is 11.3 Å². The Bertz CT molecular complexity index is 1520. The van der Waals surface area contributed by atoms with Crippen molar-refractivity contribution in [3.63, 3.8) is 0 Å². The van der Waals surface area contributed by atoms with Crippen molar-refractivity contribution in [2.75, 3.05) is 38.0 Å². The van der Waals surface area contributed by atoms with Gasteiger partial charge in [0.1, 0.15) is 17.2 Å². The molecular weight excluding hydrogens is 512 g/mol. The van der Waals surface area contributed by atoms with Crippen LogP contribution in [0.2, 0.25) is 0 Å². The number of aromatic carboxylic acids is 1. The molecule has 3 heterocycles. The largest absolute Gasteiger partial charge is 0.478 e. The molecule has 192 valence electrons. The molecule has 5 rings (SSSR count). The number of carbonyl (C=O) groups is 1. The molecule has 0 aliphatic carbocycles. The van der Waals surface area contributed by atoms with Gasteiger partial charge < -0.3 is 10.4 Å². The Labute approximate surface area is 218 Å². The van der Waals surface area contributed by atoms with Gasteiger partial charge in [-0.15, -0.1) is 11.3 Å². The van der Waals surface area contributed by atoms with Crippen LogP contribution in [0.4, 0.5) is 5.82 Å². The second-order valence-corrected chi connectivity index (χ2v) is 12.0. The second-order valence-electron chi connectivity index (χ2n) is 8.83. The van der Waals surface area contributed by atoms with E-state index >= 15 is 0 Å². The molecule has 1 fully saturated rings. The Morgan fingerprint density at radius 2 is 1.81 bits per heavy atom. The van der Waals surface area contributed by atoms with Gasteiger partial charge in [0.25, 0.3) is 10.0 Å². The number of thiazole rings is 1. The number of hydrogen-bond acceptors (Lipinski definition) is 9. The summed E-state index contributed by atoms with van der Waals surface area (Å²) in [5.41, 5.74) is 1.41. The first-order valence-electron chi connectivity index (χ1n) is 11.8. The van der Waals surface area contributed by atoms with Gasteiger partial charge in [-0.2, -0.15) is 4.31 Å².